The van der Waals surface area contributed by atoms with Gasteiger partial charge in [0.05, 0.1) is 41.6 Å². The van der Waals surface area contributed by atoms with Crippen LogP contribution < -0.4 is 26.2 Å². The van der Waals surface area contributed by atoms with E-state index in [2.05, 4.69) is 21.3 Å². The molecule has 111 heavy (non-hydrogen) atoms. The van der Waals surface area contributed by atoms with Gasteiger partial charge >= 0.3 is 0 Å². The van der Waals surface area contributed by atoms with Crippen LogP contribution in [0.25, 0.3) is 0 Å². The van der Waals surface area contributed by atoms with Crippen molar-refractivity contribution >= 4 is 61.0 Å². The van der Waals surface area contributed by atoms with Crippen molar-refractivity contribution in [2.75, 3.05) is 44.4 Å². The van der Waals surface area contributed by atoms with Gasteiger partial charge in [0.15, 0.2) is 30.9 Å². The first-order chi connectivity index (χ1) is 52.5. The number of aliphatic hydroxyl groups is 16. The summed E-state index contributed by atoms with van der Waals surface area (Å²) in [7, 11) is -9.50. The lowest BCUT2D eigenvalue weighted by Crippen LogP contribution is -2.64. The fraction of sp³-hybridized carbons (Fsp3) is 0.658. The molecule has 6 heterocycles. The number of benzene rings is 2. The topological polar surface area (TPSA) is 592 Å². The lowest BCUT2D eigenvalue weighted by Gasteiger charge is -2.40. The van der Waals surface area contributed by atoms with Crippen LogP contribution in [0.15, 0.2) is 94.4 Å². The number of hydrogen-bond donors (Lipinski definition) is 22. The molecule has 0 radical (unpaired) electrons. The first kappa shape index (κ1) is 90.3. The predicted octanol–water partition coefficient (Wildman–Crippen LogP) is -3.45. The summed E-state index contributed by atoms with van der Waals surface area (Å²) in [5.74, 6) is -2.30. The molecule has 22 N–H and O–H groups in total. The maximum atomic E-state index is 13.2. The molecule has 0 spiro atoms. The van der Waals surface area contributed by atoms with Gasteiger partial charge in [0, 0.05) is 73.2 Å². The third-order valence-corrected chi connectivity index (χ3v) is 23.3. The maximum Gasteiger partial charge on any atom is 0.294 e. The summed E-state index contributed by atoms with van der Waals surface area (Å²) in [5, 5.41) is 174. The number of nitrogens with zero attached hydrogens (tertiary/aromatic N) is 2. The van der Waals surface area contributed by atoms with E-state index in [0.717, 1.165) is 0 Å². The summed E-state index contributed by atoms with van der Waals surface area (Å²) in [6.45, 7) is 1.60. The number of fused-ring (bicyclic) bond motifs is 2. The highest BCUT2D eigenvalue weighted by Crippen LogP contribution is 2.52. The van der Waals surface area contributed by atoms with Crippen LogP contribution in [-0.2, 0) is 69.2 Å². The van der Waals surface area contributed by atoms with Crippen LogP contribution >= 0.6 is 0 Å². The maximum absolute atomic E-state index is 13.2. The summed E-state index contributed by atoms with van der Waals surface area (Å²) < 4.78 is 94.7. The average Bonchev–Trinajstić information content (AvgIpc) is 1.58. The highest BCUT2D eigenvalue weighted by molar-refractivity contribution is 7.86. The Morgan fingerprint density at radius 2 is 0.793 bits per heavy atom. The molecule has 0 saturated carbocycles. The summed E-state index contributed by atoms with van der Waals surface area (Å²) in [4.78, 5) is 53.9. The van der Waals surface area contributed by atoms with Crippen LogP contribution in [0.2, 0.25) is 0 Å². The number of unbranched alkanes of at least 4 members (excludes halogenated alkanes) is 8. The smallest absolute Gasteiger partial charge is 0.294 e. The number of carbonyl (C=O) groups is 4. The monoisotopic (exact) mass is 1610 g/mol. The standard InChI is InChI=1S/C73H108N6O30S2/c1-72(30-16-6-12-22-52(84)74-56-64(92)60(88)46(36-80)106-68(56)96)42-34-40(110(100,101)102)26-28-44(42)78(32-18-8-14-24-54(86)76-58-66(94)62(90)48(38-82)108-70(58)98)50(72)20-10-4-3-5-11-21-51-73(2,31-17-7-13-23-53(85)75-57-65(93)61(89)47(37-81)107-69(57)97)43-35-41(111(103,104)105)27-29-45(43)79(51)33-19-9-15-25-55(87)77-59-67(95)63(91)49(39-83)109-71(59)99/h3-5,10-11,20-21,26-29,34-35,46-49,56-71,80-83,88-99H,6-9,12-19,22-25,30-33,36-39H2,1-2H3,(H5-,74,75,76,77,84,85,86,87,100,101,102,103,104,105)/p+1. The number of rotatable bonds is 38. The van der Waals surface area contributed by atoms with E-state index in [0.29, 0.717) is 124 Å². The zero-order valence-electron chi connectivity index (χ0n) is 61.7. The molecule has 2 aromatic rings. The van der Waals surface area contributed by atoms with E-state index in [-0.39, 0.29) is 48.3 Å². The van der Waals surface area contributed by atoms with E-state index in [4.69, 9.17) is 18.9 Å². The number of hydrogen-bond acceptors (Lipinski definition) is 29. The third-order valence-electron chi connectivity index (χ3n) is 21.6. The molecule has 0 aromatic heterocycles. The average molecular weight is 1610 g/mol. The third kappa shape index (κ3) is 22.3. The molecule has 4 amide bonds. The fourth-order valence-electron chi connectivity index (χ4n) is 15.3. The second-order valence-electron chi connectivity index (χ2n) is 29.4. The summed E-state index contributed by atoms with van der Waals surface area (Å²) in [6, 6.07) is 2.87. The van der Waals surface area contributed by atoms with E-state index in [1.807, 2.05) is 35.5 Å². The Balaban J connectivity index is 1.04. The molecule has 4 fully saturated rings. The van der Waals surface area contributed by atoms with E-state index in [1.54, 1.807) is 42.5 Å². The zero-order chi connectivity index (χ0) is 81.4. The molecule has 8 rings (SSSR count). The Morgan fingerprint density at radius 1 is 0.441 bits per heavy atom. The van der Waals surface area contributed by atoms with Crippen molar-refractivity contribution in [3.05, 3.63) is 95.8 Å². The molecule has 38 heteroatoms. The minimum absolute atomic E-state index is 0.0724. The molecule has 2 aromatic carbocycles. The summed E-state index contributed by atoms with van der Waals surface area (Å²) in [6.07, 6.45) is -7.72. The van der Waals surface area contributed by atoms with Gasteiger partial charge in [-0.15, -0.1) is 0 Å². The van der Waals surface area contributed by atoms with E-state index >= 15 is 0 Å². The van der Waals surface area contributed by atoms with Gasteiger partial charge in [-0.05, 0) is 107 Å². The van der Waals surface area contributed by atoms with E-state index in [1.165, 1.54) is 24.3 Å². The van der Waals surface area contributed by atoms with Crippen LogP contribution in [0.5, 0.6) is 0 Å². The van der Waals surface area contributed by atoms with Gasteiger partial charge in [-0.3, -0.25) is 28.3 Å². The molecule has 22 atom stereocenters. The summed E-state index contributed by atoms with van der Waals surface area (Å²) in [5.41, 5.74) is 1.61. The molecule has 36 nitrogen and oxygen atoms in total. The molecule has 4 saturated heterocycles. The van der Waals surface area contributed by atoms with Crippen molar-refractivity contribution in [2.45, 2.75) is 273 Å². The first-order valence-corrected chi connectivity index (χ1v) is 40.2. The van der Waals surface area contributed by atoms with Gasteiger partial charge in [0.1, 0.15) is 104 Å². The van der Waals surface area contributed by atoms with Crippen LogP contribution in [0, 0.1) is 0 Å². The molecule has 6 aliphatic rings. The minimum atomic E-state index is -4.75. The SMILES string of the molecule is CC1(CCCCCC(=O)NC2C(O)OC(CO)C(O)C2O)C(/C=C/C=C/C=C/C=C2/N(CCCCCC(=O)NC3C(O)OC(CO)C(O)C3O)c3ccc(S(=O)(=O)O)cc3C2(C)CCCCCC(=O)NC2C(O)OC(CO)C(O)C2O)=[N+](CCCCCC(=O)NC2C(O)OC(CO)C(O)C2O)c2ccc(S(=O)(=O)O)cc21. The number of anilines is 1. The Bertz CT molecular complexity index is 3890. The predicted molar refractivity (Wildman–Crippen MR) is 391 cm³/mol. The van der Waals surface area contributed by atoms with Gasteiger partial charge in [-0.1, -0.05) is 62.5 Å². The Hall–Kier alpha value is -6.23. The number of allylic oxidation sites excluding steroid dienone is 8. The lowest BCUT2D eigenvalue weighted by atomic mass is 9.75. The second-order valence-corrected chi connectivity index (χ2v) is 32.2. The van der Waals surface area contributed by atoms with Gasteiger partial charge in [-0.25, -0.2) is 0 Å². The first-order valence-electron chi connectivity index (χ1n) is 37.3. The number of nitrogens with one attached hydrogen (secondary N) is 4. The summed E-state index contributed by atoms with van der Waals surface area (Å²) >= 11 is 0. The molecule has 622 valence electrons. The molecular weight excluding hydrogens is 1500 g/mol. The largest absolute Gasteiger partial charge is 0.394 e. The van der Waals surface area contributed by atoms with Crippen LogP contribution in [0.4, 0.5) is 11.4 Å². The minimum Gasteiger partial charge on any atom is -0.394 e. The molecular formula is C73H109N6O30S2+. The number of aliphatic hydroxyl groups excluding tert-OH is 16. The highest BCUT2D eigenvalue weighted by Gasteiger charge is 2.51. The number of carbonyl (C=O) groups excluding carboxylic acids is 4. The second kappa shape index (κ2) is 40.4. The van der Waals surface area contributed by atoms with Crippen molar-refractivity contribution < 1.29 is 150 Å². The van der Waals surface area contributed by atoms with Crippen molar-refractivity contribution in [2.24, 2.45) is 0 Å². The highest BCUT2D eigenvalue weighted by atomic mass is 32.2. The van der Waals surface area contributed by atoms with Gasteiger partial charge in [0.2, 0.25) is 29.3 Å². The van der Waals surface area contributed by atoms with Gasteiger partial charge < -0.3 is 127 Å². The van der Waals surface area contributed by atoms with Crippen LogP contribution in [-0.4, -0.2) is 304 Å². The quantitative estimate of drug-likeness (QED) is 0.0135. The molecule has 0 aliphatic carbocycles. The number of amides is 4. The molecule has 0 bridgehead atoms. The Labute approximate surface area is 642 Å². The fourth-order valence-corrected chi connectivity index (χ4v) is 16.3. The van der Waals surface area contributed by atoms with Crippen LogP contribution in [0.1, 0.15) is 141 Å². The van der Waals surface area contributed by atoms with Crippen molar-refractivity contribution in [1.82, 2.24) is 21.3 Å². The Kier molecular flexibility index (Phi) is 32.8. The van der Waals surface area contributed by atoms with Gasteiger partial charge in [0.25, 0.3) is 20.2 Å². The van der Waals surface area contributed by atoms with Gasteiger partial charge in [-0.2, -0.15) is 21.4 Å². The molecule has 22 unspecified atom stereocenters. The van der Waals surface area contributed by atoms with Crippen molar-refractivity contribution in [1.29, 1.82) is 0 Å². The van der Waals surface area contributed by atoms with Crippen molar-refractivity contribution in [3.63, 3.8) is 0 Å². The lowest BCUT2D eigenvalue weighted by molar-refractivity contribution is -0.438. The Morgan fingerprint density at radius 3 is 1.19 bits per heavy atom. The molecule has 6 aliphatic heterocycles. The number of ether oxygens (including phenoxy) is 4. The van der Waals surface area contributed by atoms with Crippen LogP contribution in [0.3, 0.4) is 0 Å². The van der Waals surface area contributed by atoms with E-state index in [9.17, 15) is 127 Å². The van der Waals surface area contributed by atoms with Crippen molar-refractivity contribution in [3.8, 4) is 0 Å². The van der Waals surface area contributed by atoms with E-state index < -0.39 is 204 Å². The zero-order valence-corrected chi connectivity index (χ0v) is 63.3. The normalized spacial score (nSPS) is 32.9.